The van der Waals surface area contributed by atoms with Crippen LogP contribution >= 0.6 is 0 Å². The van der Waals surface area contributed by atoms with Gasteiger partial charge in [0, 0.05) is 30.7 Å². The van der Waals surface area contributed by atoms with Gasteiger partial charge in [0.1, 0.15) is 12.1 Å². The van der Waals surface area contributed by atoms with Gasteiger partial charge in [-0.2, -0.15) is 9.97 Å². The van der Waals surface area contributed by atoms with Gasteiger partial charge >= 0.3 is 11.6 Å². The van der Waals surface area contributed by atoms with Crippen molar-refractivity contribution in [2.45, 2.75) is 50.0 Å². The number of nitro groups is 1. The lowest BCUT2D eigenvalue weighted by Gasteiger charge is -2.30. The molecule has 35 heavy (non-hydrogen) atoms. The van der Waals surface area contributed by atoms with Gasteiger partial charge < -0.3 is 14.2 Å². The fourth-order valence-electron chi connectivity index (χ4n) is 3.62. The summed E-state index contributed by atoms with van der Waals surface area (Å²) in [6.07, 6.45) is 4.70. The van der Waals surface area contributed by atoms with Crippen LogP contribution in [0.5, 0.6) is 11.6 Å². The lowest BCUT2D eigenvalue weighted by atomic mass is 9.95. The first kappa shape index (κ1) is 24.4. The molecule has 0 atom stereocenters. The highest BCUT2D eigenvalue weighted by Crippen LogP contribution is 2.38. The van der Waals surface area contributed by atoms with Crippen LogP contribution in [0.2, 0.25) is 0 Å². The summed E-state index contributed by atoms with van der Waals surface area (Å²) in [5.74, 6) is 1.24. The Morgan fingerprint density at radius 1 is 1.17 bits per heavy atom. The molecule has 1 fully saturated rings. The number of hydrogen-bond donors (Lipinski definition) is 0. The van der Waals surface area contributed by atoms with Crippen molar-refractivity contribution in [2.75, 3.05) is 24.2 Å². The molecule has 1 aliphatic rings. The molecular weight excluding hydrogens is 478 g/mol. The third-order valence-electron chi connectivity index (χ3n) is 5.51. The van der Waals surface area contributed by atoms with Gasteiger partial charge in [0.2, 0.25) is 11.7 Å². The average Bonchev–Trinajstić information content (AvgIpc) is 3.30. The fourth-order valence-corrected chi connectivity index (χ4v) is 4.18. The maximum atomic E-state index is 11.9. The standard InChI is InChI=1S/C21H25N7O6S/c1-21(2,3)20-25-18(34-26-20)13-7-9-27(10-8-13)17-16(28(29)30)19(24-12-23-17)33-14-5-6-15(22-11-14)35(4,31)32/h5-6,11-13H,7-10H2,1-4H3. The largest absolute Gasteiger partial charge is 0.432 e. The van der Waals surface area contributed by atoms with Crippen LogP contribution in [0.4, 0.5) is 11.5 Å². The predicted molar refractivity (Wildman–Crippen MR) is 123 cm³/mol. The van der Waals surface area contributed by atoms with Gasteiger partial charge in [-0.05, 0) is 25.0 Å². The first-order valence-electron chi connectivity index (χ1n) is 10.9. The molecule has 0 saturated carbocycles. The highest BCUT2D eigenvalue weighted by molar-refractivity contribution is 7.90. The number of hydrogen-bond acceptors (Lipinski definition) is 12. The van der Waals surface area contributed by atoms with E-state index < -0.39 is 14.8 Å². The van der Waals surface area contributed by atoms with Crippen molar-refractivity contribution >= 4 is 21.3 Å². The molecule has 0 radical (unpaired) electrons. The van der Waals surface area contributed by atoms with Crippen LogP contribution in [-0.2, 0) is 15.3 Å². The highest BCUT2D eigenvalue weighted by Gasteiger charge is 2.33. The van der Waals surface area contributed by atoms with E-state index in [-0.39, 0.29) is 39.5 Å². The van der Waals surface area contributed by atoms with Gasteiger partial charge in [0.15, 0.2) is 20.7 Å². The van der Waals surface area contributed by atoms with Crippen molar-refractivity contribution in [3.63, 3.8) is 0 Å². The zero-order valence-corrected chi connectivity index (χ0v) is 20.5. The zero-order valence-electron chi connectivity index (χ0n) is 19.7. The molecule has 0 amide bonds. The summed E-state index contributed by atoms with van der Waals surface area (Å²) in [5, 5.41) is 15.9. The molecule has 4 heterocycles. The highest BCUT2D eigenvalue weighted by atomic mass is 32.2. The third kappa shape index (κ3) is 5.37. The molecular formula is C21H25N7O6S. The van der Waals surface area contributed by atoms with E-state index in [1.807, 2.05) is 20.8 Å². The van der Waals surface area contributed by atoms with Crippen molar-refractivity contribution in [2.24, 2.45) is 0 Å². The van der Waals surface area contributed by atoms with Gasteiger partial charge in [0.05, 0.1) is 11.1 Å². The van der Waals surface area contributed by atoms with Crippen molar-refractivity contribution in [1.82, 2.24) is 25.1 Å². The molecule has 3 aromatic heterocycles. The van der Waals surface area contributed by atoms with E-state index in [4.69, 9.17) is 9.26 Å². The Labute approximate surface area is 201 Å². The lowest BCUT2D eigenvalue weighted by molar-refractivity contribution is -0.385. The van der Waals surface area contributed by atoms with Crippen molar-refractivity contribution in [1.29, 1.82) is 0 Å². The third-order valence-corrected chi connectivity index (χ3v) is 6.51. The minimum atomic E-state index is -3.49. The summed E-state index contributed by atoms with van der Waals surface area (Å²) in [7, 11) is -3.49. The number of nitrogens with zero attached hydrogens (tertiary/aromatic N) is 7. The van der Waals surface area contributed by atoms with E-state index in [1.165, 1.54) is 24.7 Å². The summed E-state index contributed by atoms with van der Waals surface area (Å²) in [6, 6.07) is 2.61. The molecule has 4 rings (SSSR count). The summed E-state index contributed by atoms with van der Waals surface area (Å²) >= 11 is 0. The van der Waals surface area contributed by atoms with E-state index in [2.05, 4.69) is 25.1 Å². The van der Waals surface area contributed by atoms with Crippen LogP contribution in [0.15, 0.2) is 34.2 Å². The fraction of sp³-hybridized carbons (Fsp3) is 0.476. The summed E-state index contributed by atoms with van der Waals surface area (Å²) < 4.78 is 34.2. The molecule has 186 valence electrons. The number of sulfone groups is 1. The number of anilines is 1. The monoisotopic (exact) mass is 503 g/mol. The molecule has 1 aliphatic heterocycles. The Hall–Kier alpha value is -3.68. The van der Waals surface area contributed by atoms with Crippen molar-refractivity contribution < 1.29 is 22.6 Å². The molecule has 3 aromatic rings. The minimum absolute atomic E-state index is 0.0471. The maximum absolute atomic E-state index is 11.9. The molecule has 0 spiro atoms. The molecule has 0 bridgehead atoms. The van der Waals surface area contributed by atoms with Gasteiger partial charge in [-0.15, -0.1) is 0 Å². The normalized spacial score (nSPS) is 15.3. The van der Waals surface area contributed by atoms with Gasteiger partial charge in [-0.1, -0.05) is 25.9 Å². The Kier molecular flexibility index (Phi) is 6.40. The first-order chi connectivity index (χ1) is 16.4. The van der Waals surface area contributed by atoms with E-state index in [0.29, 0.717) is 37.6 Å². The second kappa shape index (κ2) is 9.17. The molecule has 0 aliphatic carbocycles. The van der Waals surface area contributed by atoms with Crippen LogP contribution in [0.1, 0.15) is 51.2 Å². The molecule has 13 nitrogen and oxygen atoms in total. The number of ether oxygens (including phenoxy) is 1. The van der Waals surface area contributed by atoms with E-state index in [1.54, 1.807) is 4.90 Å². The minimum Gasteiger partial charge on any atom is -0.432 e. The van der Waals surface area contributed by atoms with Crippen LogP contribution in [0, 0.1) is 10.1 Å². The van der Waals surface area contributed by atoms with Crippen LogP contribution in [0.25, 0.3) is 0 Å². The Morgan fingerprint density at radius 3 is 2.43 bits per heavy atom. The van der Waals surface area contributed by atoms with E-state index in [9.17, 15) is 18.5 Å². The molecule has 14 heteroatoms. The Bertz CT molecular complexity index is 1330. The van der Waals surface area contributed by atoms with Crippen molar-refractivity contribution in [3.05, 3.63) is 46.5 Å². The van der Waals surface area contributed by atoms with E-state index >= 15 is 0 Å². The molecule has 0 aromatic carbocycles. The number of rotatable bonds is 6. The summed E-state index contributed by atoms with van der Waals surface area (Å²) in [6.45, 7) is 7.00. The summed E-state index contributed by atoms with van der Waals surface area (Å²) in [5.41, 5.74) is -0.605. The zero-order chi connectivity index (χ0) is 25.4. The predicted octanol–water partition coefficient (Wildman–Crippen LogP) is 3.04. The smallest absolute Gasteiger partial charge is 0.373 e. The number of aromatic nitrogens is 5. The Balaban J connectivity index is 1.52. The molecule has 0 N–H and O–H groups in total. The Morgan fingerprint density at radius 2 is 1.89 bits per heavy atom. The molecule has 1 saturated heterocycles. The SMILES string of the molecule is CC(C)(C)c1noc(C2CCN(c3ncnc(Oc4ccc(S(C)(=O)=O)nc4)c3[N+](=O)[O-])CC2)n1. The topological polar surface area (TPSA) is 167 Å². The number of pyridine rings is 1. The second-order valence-electron chi connectivity index (χ2n) is 9.28. The quantitative estimate of drug-likeness (QED) is 0.357. The van der Waals surface area contributed by atoms with Gasteiger partial charge in [-0.3, -0.25) is 10.1 Å². The van der Waals surface area contributed by atoms with Crippen LogP contribution in [-0.4, -0.2) is 57.8 Å². The first-order valence-corrected chi connectivity index (χ1v) is 12.7. The lowest BCUT2D eigenvalue weighted by Crippen LogP contribution is -2.34. The van der Waals surface area contributed by atoms with Crippen molar-refractivity contribution in [3.8, 4) is 11.6 Å². The average molecular weight is 504 g/mol. The van der Waals surface area contributed by atoms with Crippen LogP contribution < -0.4 is 9.64 Å². The maximum Gasteiger partial charge on any atom is 0.373 e. The molecule has 0 unspecified atom stereocenters. The summed E-state index contributed by atoms with van der Waals surface area (Å²) in [4.78, 5) is 29.6. The number of piperidine rings is 1. The van der Waals surface area contributed by atoms with Gasteiger partial charge in [-0.25, -0.2) is 18.4 Å². The van der Waals surface area contributed by atoms with E-state index in [0.717, 1.165) is 6.26 Å². The van der Waals surface area contributed by atoms with Gasteiger partial charge in [0.25, 0.3) is 0 Å². The van der Waals surface area contributed by atoms with Crippen LogP contribution in [0.3, 0.4) is 0 Å². The second-order valence-corrected chi connectivity index (χ2v) is 11.2.